The van der Waals surface area contributed by atoms with Gasteiger partial charge in [0.2, 0.25) is 5.96 Å². The third-order valence-electron chi connectivity index (χ3n) is 1.64. The zero-order valence-corrected chi connectivity index (χ0v) is 8.09. The second-order valence-corrected chi connectivity index (χ2v) is 2.79. The Hall–Kier alpha value is -2.08. The Labute approximate surface area is 87.1 Å². The molecule has 0 saturated carbocycles. The zero-order chi connectivity index (χ0) is 11.3. The molecule has 0 amide bonds. The highest BCUT2D eigenvalue weighted by Crippen LogP contribution is 2.18. The lowest BCUT2D eigenvalue weighted by Crippen LogP contribution is -2.26. The molecule has 0 spiro atoms. The van der Waals surface area contributed by atoms with Crippen LogP contribution in [0.2, 0.25) is 0 Å². The van der Waals surface area contributed by atoms with Crippen LogP contribution in [0.1, 0.15) is 5.56 Å². The molecule has 0 aliphatic heterocycles. The minimum atomic E-state index is -0.155. The minimum Gasteiger partial charge on any atom is -0.392 e. The van der Waals surface area contributed by atoms with E-state index in [1.807, 2.05) is 0 Å². The average molecular weight is 207 g/mol. The molecule has 0 aliphatic rings. The van der Waals surface area contributed by atoms with Gasteiger partial charge in [-0.25, -0.2) is 4.99 Å². The molecule has 1 rings (SSSR count). The molecule has 6 nitrogen and oxygen atoms in total. The molecule has 0 atom stereocenters. The van der Waals surface area contributed by atoms with Gasteiger partial charge in [0.25, 0.3) is 0 Å². The van der Waals surface area contributed by atoms with Crippen molar-refractivity contribution in [2.75, 3.05) is 0 Å². The summed E-state index contributed by atoms with van der Waals surface area (Å²) in [6.07, 6.45) is 0. The summed E-state index contributed by atoms with van der Waals surface area (Å²) < 4.78 is 0. The molecule has 0 heterocycles. The Bertz CT molecular complexity index is 395. The molecule has 0 aromatic heterocycles. The molecule has 0 unspecified atom stereocenters. The van der Waals surface area contributed by atoms with Crippen LogP contribution in [0.25, 0.3) is 0 Å². The molecule has 0 fully saturated rings. The molecular formula is C9H13N5O. The van der Waals surface area contributed by atoms with Crippen LogP contribution in [0.3, 0.4) is 0 Å². The summed E-state index contributed by atoms with van der Waals surface area (Å²) >= 11 is 0. The van der Waals surface area contributed by atoms with Crippen molar-refractivity contribution in [1.82, 2.24) is 0 Å². The van der Waals surface area contributed by atoms with Gasteiger partial charge in [0.1, 0.15) is 0 Å². The van der Waals surface area contributed by atoms with Crippen molar-refractivity contribution < 1.29 is 5.11 Å². The molecule has 80 valence electrons. The SMILES string of the molecule is NC(N)=NC(N)=Nc1ccccc1CO. The predicted octanol–water partition coefficient (Wildman–Crippen LogP) is -0.601. The van der Waals surface area contributed by atoms with E-state index < -0.39 is 0 Å². The van der Waals surface area contributed by atoms with Crippen LogP contribution in [0, 0.1) is 0 Å². The number of guanidine groups is 2. The van der Waals surface area contributed by atoms with Gasteiger partial charge in [0.15, 0.2) is 5.96 Å². The quantitative estimate of drug-likeness (QED) is 0.382. The van der Waals surface area contributed by atoms with E-state index in [9.17, 15) is 0 Å². The van der Waals surface area contributed by atoms with Crippen LogP contribution in [0.5, 0.6) is 0 Å². The third kappa shape index (κ3) is 3.28. The van der Waals surface area contributed by atoms with E-state index in [0.29, 0.717) is 11.3 Å². The van der Waals surface area contributed by atoms with E-state index in [1.165, 1.54) is 0 Å². The van der Waals surface area contributed by atoms with Crippen molar-refractivity contribution in [3.8, 4) is 0 Å². The molecule has 0 aliphatic carbocycles. The lowest BCUT2D eigenvalue weighted by Gasteiger charge is -2.01. The van der Waals surface area contributed by atoms with Crippen LogP contribution in [-0.4, -0.2) is 17.0 Å². The smallest absolute Gasteiger partial charge is 0.223 e. The standard InChI is InChI=1S/C9H13N5O/c10-8(11)14-9(12)13-7-4-2-1-3-6(7)5-15/h1-4,15H,5H2,(H6,10,11,12,13,14). The Kier molecular flexibility index (Phi) is 3.64. The number of aliphatic imine (C=N–C) groups is 2. The summed E-state index contributed by atoms with van der Waals surface area (Å²) in [5.74, 6) is -0.200. The van der Waals surface area contributed by atoms with E-state index in [2.05, 4.69) is 9.98 Å². The Morgan fingerprint density at radius 3 is 2.47 bits per heavy atom. The maximum absolute atomic E-state index is 9.02. The Morgan fingerprint density at radius 1 is 1.20 bits per heavy atom. The number of aliphatic hydroxyl groups excluding tert-OH is 1. The summed E-state index contributed by atoms with van der Waals surface area (Å²) in [4.78, 5) is 7.52. The normalized spacial score (nSPS) is 11.1. The number of nitrogens with two attached hydrogens (primary N) is 3. The van der Waals surface area contributed by atoms with Gasteiger partial charge in [-0.05, 0) is 6.07 Å². The van der Waals surface area contributed by atoms with Crippen molar-refractivity contribution in [3.05, 3.63) is 29.8 Å². The summed E-state index contributed by atoms with van der Waals surface area (Å²) in [5.41, 5.74) is 16.9. The van der Waals surface area contributed by atoms with Gasteiger partial charge in [-0.3, -0.25) is 0 Å². The number of nitrogens with zero attached hydrogens (tertiary/aromatic N) is 2. The van der Waals surface area contributed by atoms with Crippen LogP contribution in [0.15, 0.2) is 34.3 Å². The highest BCUT2D eigenvalue weighted by molar-refractivity contribution is 5.93. The van der Waals surface area contributed by atoms with Crippen molar-refractivity contribution in [1.29, 1.82) is 0 Å². The second-order valence-electron chi connectivity index (χ2n) is 2.79. The van der Waals surface area contributed by atoms with Crippen molar-refractivity contribution in [3.63, 3.8) is 0 Å². The number of aliphatic hydroxyl groups is 1. The van der Waals surface area contributed by atoms with E-state index in [-0.39, 0.29) is 18.5 Å². The first-order valence-electron chi connectivity index (χ1n) is 4.26. The van der Waals surface area contributed by atoms with E-state index in [4.69, 9.17) is 22.3 Å². The summed E-state index contributed by atoms with van der Waals surface area (Å²) in [5, 5.41) is 9.02. The third-order valence-corrected chi connectivity index (χ3v) is 1.64. The largest absolute Gasteiger partial charge is 0.392 e. The van der Waals surface area contributed by atoms with Gasteiger partial charge in [0.05, 0.1) is 12.3 Å². The lowest BCUT2D eigenvalue weighted by molar-refractivity contribution is 0.282. The predicted molar refractivity (Wildman–Crippen MR) is 59.5 cm³/mol. The fourth-order valence-electron chi connectivity index (χ4n) is 1.03. The highest BCUT2D eigenvalue weighted by Gasteiger charge is 1.99. The zero-order valence-electron chi connectivity index (χ0n) is 8.09. The second kappa shape index (κ2) is 4.97. The molecule has 0 saturated heterocycles. The molecule has 7 N–H and O–H groups in total. The van der Waals surface area contributed by atoms with Gasteiger partial charge in [-0.1, -0.05) is 18.2 Å². The molecule has 1 aromatic carbocycles. The van der Waals surface area contributed by atoms with Gasteiger partial charge in [-0.15, -0.1) is 0 Å². The number of hydrogen-bond donors (Lipinski definition) is 4. The number of para-hydroxylation sites is 1. The van der Waals surface area contributed by atoms with E-state index >= 15 is 0 Å². The number of hydrogen-bond acceptors (Lipinski definition) is 2. The monoisotopic (exact) mass is 207 g/mol. The van der Waals surface area contributed by atoms with Crippen LogP contribution >= 0.6 is 0 Å². The van der Waals surface area contributed by atoms with Gasteiger partial charge in [-0.2, -0.15) is 4.99 Å². The topological polar surface area (TPSA) is 123 Å². The van der Waals surface area contributed by atoms with Crippen LogP contribution in [0.4, 0.5) is 5.69 Å². The van der Waals surface area contributed by atoms with E-state index in [1.54, 1.807) is 24.3 Å². The highest BCUT2D eigenvalue weighted by atomic mass is 16.3. The summed E-state index contributed by atoms with van der Waals surface area (Å²) in [7, 11) is 0. The van der Waals surface area contributed by atoms with E-state index in [0.717, 1.165) is 0 Å². The number of rotatable bonds is 2. The first kappa shape index (κ1) is 11.0. The van der Waals surface area contributed by atoms with Crippen LogP contribution < -0.4 is 17.2 Å². The maximum Gasteiger partial charge on any atom is 0.223 e. The fraction of sp³-hybridized carbons (Fsp3) is 0.111. The minimum absolute atomic E-state index is 0.0455. The molecule has 15 heavy (non-hydrogen) atoms. The molecular weight excluding hydrogens is 194 g/mol. The average Bonchev–Trinajstić information content (AvgIpc) is 2.17. The van der Waals surface area contributed by atoms with Crippen molar-refractivity contribution in [2.45, 2.75) is 6.61 Å². The van der Waals surface area contributed by atoms with Crippen LogP contribution in [-0.2, 0) is 6.61 Å². The summed E-state index contributed by atoms with van der Waals surface area (Å²) in [6, 6.07) is 7.02. The lowest BCUT2D eigenvalue weighted by atomic mass is 10.2. The number of benzene rings is 1. The summed E-state index contributed by atoms with van der Waals surface area (Å²) in [6.45, 7) is -0.116. The Morgan fingerprint density at radius 2 is 1.87 bits per heavy atom. The van der Waals surface area contributed by atoms with Gasteiger partial charge >= 0.3 is 0 Å². The molecule has 6 heteroatoms. The van der Waals surface area contributed by atoms with Crippen molar-refractivity contribution in [2.24, 2.45) is 27.2 Å². The van der Waals surface area contributed by atoms with Gasteiger partial charge in [0, 0.05) is 5.56 Å². The molecule has 0 radical (unpaired) electrons. The first-order valence-corrected chi connectivity index (χ1v) is 4.26. The first-order chi connectivity index (χ1) is 7.13. The fourth-order valence-corrected chi connectivity index (χ4v) is 1.03. The maximum atomic E-state index is 9.02. The Balaban J connectivity index is 3.02. The van der Waals surface area contributed by atoms with Gasteiger partial charge < -0.3 is 22.3 Å². The molecule has 1 aromatic rings. The van der Waals surface area contributed by atoms with Crippen molar-refractivity contribution >= 4 is 17.6 Å². The molecule has 0 bridgehead atoms.